The zero-order chi connectivity index (χ0) is 12.3. The van der Waals surface area contributed by atoms with Crippen LogP contribution >= 0.6 is 0 Å². The lowest BCUT2D eigenvalue weighted by Gasteiger charge is -2.38. The molecule has 0 aliphatic heterocycles. The Morgan fingerprint density at radius 3 is 2.53 bits per heavy atom. The lowest BCUT2D eigenvalue weighted by atomic mass is 9.81. The number of hydrogen-bond donors (Lipinski definition) is 2. The summed E-state index contributed by atoms with van der Waals surface area (Å²) in [5.41, 5.74) is -0.690. The summed E-state index contributed by atoms with van der Waals surface area (Å²) < 4.78 is 5.43. The van der Waals surface area contributed by atoms with Gasteiger partial charge in [-0.2, -0.15) is 0 Å². The van der Waals surface area contributed by atoms with E-state index in [1.165, 1.54) is 0 Å². The van der Waals surface area contributed by atoms with Gasteiger partial charge in [0.25, 0.3) is 0 Å². The molecule has 2 N–H and O–H groups in total. The molecule has 2 aliphatic rings. The molecule has 2 saturated carbocycles. The van der Waals surface area contributed by atoms with Crippen LogP contribution in [0.4, 0.5) is 0 Å². The van der Waals surface area contributed by atoms with Crippen molar-refractivity contribution in [1.82, 2.24) is 5.32 Å². The molecule has 2 aliphatic carbocycles. The largest absolute Gasteiger partial charge is 0.480 e. The molecular weight excluding hydrogens is 218 g/mol. The van der Waals surface area contributed by atoms with Crippen LogP contribution in [0.1, 0.15) is 51.4 Å². The zero-order valence-electron chi connectivity index (χ0n) is 10.6. The van der Waals surface area contributed by atoms with Gasteiger partial charge < -0.3 is 9.84 Å². The van der Waals surface area contributed by atoms with Crippen molar-refractivity contribution in [1.29, 1.82) is 0 Å². The Bertz CT molecular complexity index is 274. The van der Waals surface area contributed by atoms with Gasteiger partial charge in [-0.3, -0.25) is 10.1 Å². The number of nitrogens with one attached hydrogen (secondary N) is 1. The van der Waals surface area contributed by atoms with E-state index in [1.807, 2.05) is 0 Å². The van der Waals surface area contributed by atoms with Crippen molar-refractivity contribution in [2.75, 3.05) is 7.11 Å². The first kappa shape index (κ1) is 12.8. The molecule has 2 fully saturated rings. The van der Waals surface area contributed by atoms with E-state index in [9.17, 15) is 9.90 Å². The van der Waals surface area contributed by atoms with E-state index < -0.39 is 11.5 Å². The van der Waals surface area contributed by atoms with E-state index in [0.717, 1.165) is 51.4 Å². The maximum Gasteiger partial charge on any atom is 0.323 e. The first-order valence-electron chi connectivity index (χ1n) is 6.72. The van der Waals surface area contributed by atoms with E-state index in [0.29, 0.717) is 0 Å². The molecule has 17 heavy (non-hydrogen) atoms. The summed E-state index contributed by atoms with van der Waals surface area (Å²) in [6.07, 6.45) is 8.11. The number of carboxylic acid groups (broad SMARTS) is 1. The number of methoxy groups -OCH3 is 1. The molecule has 0 aromatic rings. The Hall–Kier alpha value is -0.610. The third kappa shape index (κ3) is 2.63. The van der Waals surface area contributed by atoms with Crippen molar-refractivity contribution in [2.24, 2.45) is 0 Å². The summed E-state index contributed by atoms with van der Waals surface area (Å²) in [7, 11) is 1.72. The van der Waals surface area contributed by atoms with Crippen molar-refractivity contribution in [3.05, 3.63) is 0 Å². The Morgan fingerprint density at radius 2 is 1.94 bits per heavy atom. The highest BCUT2D eigenvalue weighted by Gasteiger charge is 2.43. The minimum absolute atomic E-state index is 0.188. The summed E-state index contributed by atoms with van der Waals surface area (Å²) in [5, 5.41) is 12.9. The summed E-state index contributed by atoms with van der Waals surface area (Å²) in [4.78, 5) is 11.6. The van der Waals surface area contributed by atoms with Crippen molar-refractivity contribution in [3.8, 4) is 0 Å². The SMILES string of the molecule is COC1CCCC1NC1(C(=O)O)CCCCC1. The molecule has 2 unspecified atom stereocenters. The number of hydrogen-bond acceptors (Lipinski definition) is 3. The van der Waals surface area contributed by atoms with Gasteiger partial charge in [0, 0.05) is 13.2 Å². The van der Waals surface area contributed by atoms with Gasteiger partial charge in [0.1, 0.15) is 5.54 Å². The zero-order valence-corrected chi connectivity index (χ0v) is 10.6. The van der Waals surface area contributed by atoms with Crippen LogP contribution < -0.4 is 5.32 Å². The quantitative estimate of drug-likeness (QED) is 0.789. The fraction of sp³-hybridized carbons (Fsp3) is 0.923. The van der Waals surface area contributed by atoms with Gasteiger partial charge >= 0.3 is 5.97 Å². The molecule has 0 heterocycles. The van der Waals surface area contributed by atoms with E-state index in [1.54, 1.807) is 7.11 Å². The average molecular weight is 241 g/mol. The molecule has 98 valence electrons. The van der Waals surface area contributed by atoms with E-state index in [2.05, 4.69) is 5.32 Å². The molecule has 0 radical (unpaired) electrons. The van der Waals surface area contributed by atoms with Crippen LogP contribution in [-0.4, -0.2) is 35.9 Å². The second-order valence-corrected chi connectivity index (χ2v) is 5.40. The minimum atomic E-state index is -0.690. The van der Waals surface area contributed by atoms with Gasteiger partial charge in [-0.15, -0.1) is 0 Å². The number of aliphatic carboxylic acids is 1. The second kappa shape index (κ2) is 5.36. The van der Waals surface area contributed by atoms with Crippen LogP contribution in [0.3, 0.4) is 0 Å². The fourth-order valence-corrected chi connectivity index (χ4v) is 3.30. The Labute approximate surface area is 103 Å². The number of ether oxygens (including phenoxy) is 1. The number of rotatable bonds is 4. The standard InChI is InChI=1S/C13H23NO3/c1-17-11-7-5-6-10(11)14-13(12(15)16)8-3-2-4-9-13/h10-11,14H,2-9H2,1H3,(H,15,16). The molecular formula is C13H23NO3. The van der Waals surface area contributed by atoms with Gasteiger partial charge in [0.2, 0.25) is 0 Å². The van der Waals surface area contributed by atoms with Crippen LogP contribution in [0.25, 0.3) is 0 Å². The van der Waals surface area contributed by atoms with Gasteiger partial charge in [0.05, 0.1) is 6.10 Å². The minimum Gasteiger partial charge on any atom is -0.480 e. The van der Waals surface area contributed by atoms with Gasteiger partial charge in [0.15, 0.2) is 0 Å². The third-order valence-corrected chi connectivity index (χ3v) is 4.33. The number of carboxylic acids is 1. The lowest BCUT2D eigenvalue weighted by molar-refractivity contribution is -0.147. The molecule has 4 nitrogen and oxygen atoms in total. The normalized spacial score (nSPS) is 32.5. The molecule has 0 spiro atoms. The third-order valence-electron chi connectivity index (χ3n) is 4.33. The molecule has 2 atom stereocenters. The maximum absolute atomic E-state index is 11.6. The number of carbonyl (C=O) groups is 1. The molecule has 2 rings (SSSR count). The highest BCUT2D eigenvalue weighted by molar-refractivity contribution is 5.79. The second-order valence-electron chi connectivity index (χ2n) is 5.40. The first-order chi connectivity index (χ1) is 8.18. The van der Waals surface area contributed by atoms with E-state index in [4.69, 9.17) is 4.74 Å². The van der Waals surface area contributed by atoms with Crippen LogP contribution in [0.5, 0.6) is 0 Å². The van der Waals surface area contributed by atoms with Crippen molar-refractivity contribution < 1.29 is 14.6 Å². The average Bonchev–Trinajstić information content (AvgIpc) is 2.77. The predicted molar refractivity (Wildman–Crippen MR) is 65.0 cm³/mol. The van der Waals surface area contributed by atoms with Crippen LogP contribution in [0.2, 0.25) is 0 Å². The van der Waals surface area contributed by atoms with Gasteiger partial charge in [-0.05, 0) is 32.1 Å². The van der Waals surface area contributed by atoms with E-state index >= 15 is 0 Å². The van der Waals surface area contributed by atoms with Gasteiger partial charge in [-0.1, -0.05) is 19.3 Å². The summed E-state index contributed by atoms with van der Waals surface area (Å²) in [6.45, 7) is 0. The van der Waals surface area contributed by atoms with Crippen molar-refractivity contribution >= 4 is 5.97 Å². The van der Waals surface area contributed by atoms with Crippen LogP contribution in [-0.2, 0) is 9.53 Å². The molecule has 0 aromatic heterocycles. The lowest BCUT2D eigenvalue weighted by Crippen LogP contribution is -2.58. The fourth-order valence-electron chi connectivity index (χ4n) is 3.30. The van der Waals surface area contributed by atoms with Crippen molar-refractivity contribution in [2.45, 2.75) is 69.1 Å². The summed E-state index contributed by atoms with van der Waals surface area (Å²) in [6, 6.07) is 0.217. The predicted octanol–water partition coefficient (Wildman–Crippen LogP) is 1.93. The highest BCUT2D eigenvalue weighted by atomic mass is 16.5. The van der Waals surface area contributed by atoms with Crippen LogP contribution in [0.15, 0.2) is 0 Å². The smallest absolute Gasteiger partial charge is 0.323 e. The highest BCUT2D eigenvalue weighted by Crippen LogP contribution is 2.32. The molecule has 0 amide bonds. The van der Waals surface area contributed by atoms with E-state index in [-0.39, 0.29) is 12.1 Å². The topological polar surface area (TPSA) is 58.6 Å². The van der Waals surface area contributed by atoms with Crippen LogP contribution in [0, 0.1) is 0 Å². The first-order valence-corrected chi connectivity index (χ1v) is 6.72. The van der Waals surface area contributed by atoms with Gasteiger partial charge in [-0.25, -0.2) is 0 Å². The summed E-state index contributed by atoms with van der Waals surface area (Å²) in [5.74, 6) is -0.682. The molecule has 0 bridgehead atoms. The molecule has 0 saturated heterocycles. The molecule has 4 heteroatoms. The Morgan fingerprint density at radius 1 is 1.24 bits per heavy atom. The Balaban J connectivity index is 2.04. The maximum atomic E-state index is 11.6. The summed E-state index contributed by atoms with van der Waals surface area (Å²) >= 11 is 0. The molecule has 0 aromatic carbocycles. The monoisotopic (exact) mass is 241 g/mol. The Kier molecular flexibility index (Phi) is 4.05. The van der Waals surface area contributed by atoms with Crippen molar-refractivity contribution in [3.63, 3.8) is 0 Å².